The Balaban J connectivity index is 3.44. The van der Waals surface area contributed by atoms with Crippen molar-refractivity contribution in [3.05, 3.63) is 0 Å². The Labute approximate surface area is 139 Å². The van der Waals surface area contributed by atoms with Crippen molar-refractivity contribution >= 4 is 5.91 Å². The number of carbonyl (C=O) groups is 1. The van der Waals surface area contributed by atoms with Crippen LogP contribution in [0.5, 0.6) is 0 Å². The van der Waals surface area contributed by atoms with Crippen LogP contribution in [0.1, 0.15) is 69.2 Å². The van der Waals surface area contributed by atoms with Gasteiger partial charge in [-0.2, -0.15) is 0 Å². The minimum atomic E-state index is 0.0872. The van der Waals surface area contributed by atoms with Gasteiger partial charge in [0.05, 0.1) is 0 Å². The summed E-state index contributed by atoms with van der Waals surface area (Å²) in [5, 5.41) is 0. The molecule has 1 fully saturated rings. The standard InChI is InChI=1S/C20H39NO/c1-12(2)17-18(13(3)4)21(19(22)14(5)6)11-20(17,15(7)8)16(9)10/h12-18H,11H2,1-10H3/t17-,18+/m1/s1. The lowest BCUT2D eigenvalue weighted by Crippen LogP contribution is -2.45. The lowest BCUT2D eigenvalue weighted by Gasteiger charge is -2.45. The molecule has 1 aliphatic rings. The second-order valence-electron chi connectivity index (χ2n) is 9.05. The van der Waals surface area contributed by atoms with Gasteiger partial charge in [-0.3, -0.25) is 4.79 Å². The van der Waals surface area contributed by atoms with Crippen molar-refractivity contribution in [2.24, 2.45) is 40.9 Å². The first-order valence-electron chi connectivity index (χ1n) is 9.28. The highest BCUT2D eigenvalue weighted by Crippen LogP contribution is 2.55. The Morgan fingerprint density at radius 3 is 1.59 bits per heavy atom. The van der Waals surface area contributed by atoms with E-state index < -0.39 is 0 Å². The van der Waals surface area contributed by atoms with E-state index in [1.54, 1.807) is 0 Å². The molecule has 0 N–H and O–H groups in total. The Hall–Kier alpha value is -0.530. The molecule has 2 atom stereocenters. The number of nitrogens with zero attached hydrogens (tertiary/aromatic N) is 1. The van der Waals surface area contributed by atoms with E-state index in [1.807, 2.05) is 13.8 Å². The van der Waals surface area contributed by atoms with Crippen LogP contribution in [0.4, 0.5) is 0 Å². The van der Waals surface area contributed by atoms with Gasteiger partial charge < -0.3 is 4.90 Å². The van der Waals surface area contributed by atoms with Crippen molar-refractivity contribution in [2.75, 3.05) is 6.54 Å². The molecule has 0 spiro atoms. The molecule has 0 bridgehead atoms. The zero-order valence-corrected chi connectivity index (χ0v) is 16.6. The summed E-state index contributed by atoms with van der Waals surface area (Å²) in [5.41, 5.74) is 0.230. The molecule has 1 aliphatic heterocycles. The Kier molecular flexibility index (Phi) is 6.14. The third-order valence-electron chi connectivity index (χ3n) is 6.12. The second kappa shape index (κ2) is 6.93. The average molecular weight is 310 g/mol. The summed E-state index contributed by atoms with van der Waals surface area (Å²) in [6, 6.07) is 0.375. The number of amides is 1. The van der Waals surface area contributed by atoms with E-state index in [0.717, 1.165) is 6.54 Å². The molecular weight excluding hydrogens is 270 g/mol. The number of likely N-dealkylation sites (tertiary alicyclic amines) is 1. The molecular formula is C20H39NO. The zero-order chi connectivity index (χ0) is 17.4. The monoisotopic (exact) mass is 309 g/mol. The first-order chi connectivity index (χ1) is 9.98. The molecule has 2 heteroatoms. The minimum Gasteiger partial charge on any atom is -0.338 e. The van der Waals surface area contributed by atoms with Gasteiger partial charge in [0.15, 0.2) is 0 Å². The van der Waals surface area contributed by atoms with E-state index in [1.165, 1.54) is 0 Å². The highest BCUT2D eigenvalue weighted by atomic mass is 16.2. The lowest BCUT2D eigenvalue weighted by molar-refractivity contribution is -0.136. The van der Waals surface area contributed by atoms with Gasteiger partial charge in [-0.25, -0.2) is 0 Å². The van der Waals surface area contributed by atoms with Crippen molar-refractivity contribution in [1.82, 2.24) is 4.90 Å². The minimum absolute atomic E-state index is 0.0872. The predicted octanol–water partition coefficient (Wildman–Crippen LogP) is 5.08. The fourth-order valence-electron chi connectivity index (χ4n) is 5.17. The largest absolute Gasteiger partial charge is 0.338 e. The van der Waals surface area contributed by atoms with Gasteiger partial charge in [0.25, 0.3) is 0 Å². The number of carbonyl (C=O) groups excluding carboxylic acids is 1. The fourth-order valence-corrected chi connectivity index (χ4v) is 5.17. The summed E-state index contributed by atoms with van der Waals surface area (Å²) in [5.74, 6) is 3.29. The van der Waals surface area contributed by atoms with Crippen LogP contribution in [0, 0.1) is 40.9 Å². The third kappa shape index (κ3) is 3.08. The molecule has 130 valence electrons. The van der Waals surface area contributed by atoms with Gasteiger partial charge in [0, 0.05) is 18.5 Å². The van der Waals surface area contributed by atoms with Gasteiger partial charge in [0.1, 0.15) is 0 Å². The van der Waals surface area contributed by atoms with Crippen molar-refractivity contribution in [3.63, 3.8) is 0 Å². The van der Waals surface area contributed by atoms with Crippen molar-refractivity contribution < 1.29 is 4.79 Å². The molecule has 1 saturated heterocycles. The maximum atomic E-state index is 12.9. The number of hydrogen-bond acceptors (Lipinski definition) is 1. The normalized spacial score (nSPS) is 25.3. The smallest absolute Gasteiger partial charge is 0.225 e. The van der Waals surface area contributed by atoms with Crippen LogP contribution in [0.3, 0.4) is 0 Å². The summed E-state index contributed by atoms with van der Waals surface area (Å²) in [6.45, 7) is 23.7. The third-order valence-corrected chi connectivity index (χ3v) is 6.12. The molecule has 0 aromatic rings. The predicted molar refractivity (Wildman–Crippen MR) is 95.6 cm³/mol. The molecule has 0 aromatic heterocycles. The maximum absolute atomic E-state index is 12.9. The van der Waals surface area contributed by atoms with Crippen LogP contribution in [-0.2, 0) is 4.79 Å². The van der Waals surface area contributed by atoms with E-state index in [0.29, 0.717) is 41.5 Å². The van der Waals surface area contributed by atoms with Gasteiger partial charge in [-0.05, 0) is 35.0 Å². The Morgan fingerprint density at radius 1 is 0.864 bits per heavy atom. The van der Waals surface area contributed by atoms with Gasteiger partial charge in [0.2, 0.25) is 5.91 Å². The molecule has 1 amide bonds. The van der Waals surface area contributed by atoms with Crippen LogP contribution < -0.4 is 0 Å². The van der Waals surface area contributed by atoms with E-state index >= 15 is 0 Å². The molecule has 1 heterocycles. The quantitative estimate of drug-likeness (QED) is 0.693. The van der Waals surface area contributed by atoms with E-state index in [-0.39, 0.29) is 11.3 Å². The second-order valence-corrected chi connectivity index (χ2v) is 9.05. The first-order valence-corrected chi connectivity index (χ1v) is 9.28. The maximum Gasteiger partial charge on any atom is 0.225 e. The Bertz CT molecular complexity index is 373. The topological polar surface area (TPSA) is 20.3 Å². The Morgan fingerprint density at radius 2 is 1.32 bits per heavy atom. The summed E-state index contributed by atoms with van der Waals surface area (Å²) in [7, 11) is 0. The summed E-state index contributed by atoms with van der Waals surface area (Å²) >= 11 is 0. The van der Waals surface area contributed by atoms with Crippen molar-refractivity contribution in [1.29, 1.82) is 0 Å². The van der Waals surface area contributed by atoms with Crippen LogP contribution in [0.15, 0.2) is 0 Å². The molecule has 0 unspecified atom stereocenters. The summed E-state index contributed by atoms with van der Waals surface area (Å²) in [6.07, 6.45) is 0. The first kappa shape index (κ1) is 19.5. The molecule has 0 aliphatic carbocycles. The zero-order valence-electron chi connectivity index (χ0n) is 16.6. The van der Waals surface area contributed by atoms with Gasteiger partial charge in [-0.15, -0.1) is 0 Å². The van der Waals surface area contributed by atoms with Crippen LogP contribution in [-0.4, -0.2) is 23.4 Å². The number of hydrogen-bond donors (Lipinski definition) is 0. The van der Waals surface area contributed by atoms with Gasteiger partial charge in [-0.1, -0.05) is 69.2 Å². The van der Waals surface area contributed by atoms with Crippen LogP contribution in [0.2, 0.25) is 0 Å². The van der Waals surface area contributed by atoms with Crippen molar-refractivity contribution in [3.8, 4) is 0 Å². The molecule has 2 nitrogen and oxygen atoms in total. The molecule has 0 radical (unpaired) electrons. The number of rotatable bonds is 5. The molecule has 22 heavy (non-hydrogen) atoms. The van der Waals surface area contributed by atoms with Crippen molar-refractivity contribution in [2.45, 2.75) is 75.3 Å². The van der Waals surface area contributed by atoms with Crippen LogP contribution >= 0.6 is 0 Å². The summed E-state index contributed by atoms with van der Waals surface area (Å²) < 4.78 is 0. The van der Waals surface area contributed by atoms with E-state index in [4.69, 9.17) is 0 Å². The van der Waals surface area contributed by atoms with E-state index in [9.17, 15) is 4.79 Å². The lowest BCUT2D eigenvalue weighted by atomic mass is 9.58. The van der Waals surface area contributed by atoms with Gasteiger partial charge >= 0.3 is 0 Å². The van der Waals surface area contributed by atoms with Crippen LogP contribution in [0.25, 0.3) is 0 Å². The SMILES string of the molecule is CC(C)C(=O)N1CC(C(C)C)(C(C)C)[C@H](C(C)C)[C@@H]1C(C)C. The fraction of sp³-hybridized carbons (Fsp3) is 0.950. The molecule has 0 saturated carbocycles. The highest BCUT2D eigenvalue weighted by Gasteiger charge is 2.58. The van der Waals surface area contributed by atoms with E-state index in [2.05, 4.69) is 60.3 Å². The molecule has 0 aromatic carbocycles. The highest BCUT2D eigenvalue weighted by molar-refractivity contribution is 5.79. The molecule has 1 rings (SSSR count). The summed E-state index contributed by atoms with van der Waals surface area (Å²) in [4.78, 5) is 15.1. The average Bonchev–Trinajstić information content (AvgIpc) is 2.74.